The minimum Gasteiger partial charge on any atom is -0.870 e. The molecule has 0 aromatic heterocycles. The average molecular weight is 323 g/mol. The molecule has 0 amide bonds. The smallest absolute Gasteiger partial charge is 0 e. The van der Waals surface area contributed by atoms with Crippen LogP contribution in [0.25, 0.3) is 0 Å². The third kappa shape index (κ3) is 50.3. The molecule has 4 nitrogen and oxygen atoms in total. The molecular formula is H4O4PbTi-4. The summed E-state index contributed by atoms with van der Waals surface area (Å²) >= 11 is 0. The molecule has 0 fully saturated rings. The maximum atomic E-state index is 0. The second-order valence-corrected chi connectivity index (χ2v) is 0. The van der Waals surface area contributed by atoms with E-state index in [1.165, 1.54) is 0 Å². The topological polar surface area (TPSA) is 120 Å². The molecule has 0 aromatic carbocycles. The fraction of sp³-hybridized carbons (Fsp3) is 0. The second-order valence-electron chi connectivity index (χ2n) is 0. The van der Waals surface area contributed by atoms with Crippen molar-refractivity contribution in [3.8, 4) is 0 Å². The third-order valence-corrected chi connectivity index (χ3v) is 0. The molecule has 0 rings (SSSR count). The molecule has 0 aliphatic heterocycles. The normalized spacial score (nSPS) is 0. The molecule has 4 radical (unpaired) electrons. The van der Waals surface area contributed by atoms with E-state index in [2.05, 4.69) is 0 Å². The number of hydrogen-bond donors (Lipinski definition) is 0. The summed E-state index contributed by atoms with van der Waals surface area (Å²) in [6.45, 7) is 0. The van der Waals surface area contributed by atoms with E-state index in [4.69, 9.17) is 0 Å². The molecule has 0 heterocycles. The SMILES string of the molecule is [OH-].[OH-].[OH-].[OH-].[Pb].[Ti]. The Morgan fingerprint density at radius 3 is 0.500 bits per heavy atom. The van der Waals surface area contributed by atoms with Gasteiger partial charge in [-0.3, -0.25) is 0 Å². The molecule has 0 atom stereocenters. The molecule has 6 heteroatoms. The van der Waals surface area contributed by atoms with Gasteiger partial charge in [0.25, 0.3) is 0 Å². The minimum absolute atomic E-state index is 0. The van der Waals surface area contributed by atoms with E-state index in [0.29, 0.717) is 0 Å². The summed E-state index contributed by atoms with van der Waals surface area (Å²) in [6.07, 6.45) is 0. The van der Waals surface area contributed by atoms with Gasteiger partial charge >= 0.3 is 0 Å². The Kier molecular flexibility index (Phi) is 2140. The monoisotopic (exact) mass is 324 g/mol. The first-order chi connectivity index (χ1) is 0. The van der Waals surface area contributed by atoms with Gasteiger partial charge in [0.2, 0.25) is 0 Å². The van der Waals surface area contributed by atoms with E-state index in [1.807, 2.05) is 0 Å². The first kappa shape index (κ1) is 144. The zero-order valence-corrected chi connectivity index (χ0v) is 8.24. The van der Waals surface area contributed by atoms with E-state index in [1.54, 1.807) is 0 Å². The van der Waals surface area contributed by atoms with E-state index < -0.39 is 0 Å². The van der Waals surface area contributed by atoms with Gasteiger partial charge in [-0.25, -0.2) is 0 Å². The van der Waals surface area contributed by atoms with Gasteiger partial charge in [-0.1, -0.05) is 0 Å². The van der Waals surface area contributed by atoms with Crippen LogP contribution >= 0.6 is 0 Å². The second kappa shape index (κ2) is 89.1. The molecule has 0 aliphatic rings. The average Bonchev–Trinajstić information content (AvgIpc) is 0. The van der Waals surface area contributed by atoms with Crippen LogP contribution in [0, 0.1) is 0 Å². The van der Waals surface area contributed by atoms with Crippen LogP contribution < -0.4 is 0 Å². The number of hydrogen-bond acceptors (Lipinski definition) is 4. The molecule has 0 bridgehead atoms. The van der Waals surface area contributed by atoms with Gasteiger partial charge in [-0.05, 0) is 0 Å². The summed E-state index contributed by atoms with van der Waals surface area (Å²) in [5, 5.41) is 0. The first-order valence-electron chi connectivity index (χ1n) is 0. The van der Waals surface area contributed by atoms with Gasteiger partial charge in [0.15, 0.2) is 0 Å². The van der Waals surface area contributed by atoms with Crippen LogP contribution in [0.2, 0.25) is 0 Å². The quantitative estimate of drug-likeness (QED) is 0.526. The fourth-order valence-corrected chi connectivity index (χ4v) is 0. The van der Waals surface area contributed by atoms with E-state index in [-0.39, 0.29) is 70.9 Å². The minimum atomic E-state index is 0. The maximum Gasteiger partial charge on any atom is 0 e. The Hall–Kier alpha value is 1.48. The van der Waals surface area contributed by atoms with Crippen LogP contribution in [-0.2, 0) is 21.7 Å². The Morgan fingerprint density at radius 2 is 0.500 bits per heavy atom. The van der Waals surface area contributed by atoms with Gasteiger partial charge in [0, 0.05) is 49.0 Å². The molecule has 0 spiro atoms. The van der Waals surface area contributed by atoms with Crippen molar-refractivity contribution >= 4 is 27.3 Å². The summed E-state index contributed by atoms with van der Waals surface area (Å²) in [7, 11) is 0. The Morgan fingerprint density at radius 1 is 0.500 bits per heavy atom. The van der Waals surface area contributed by atoms with Crippen molar-refractivity contribution in [2.75, 3.05) is 0 Å². The van der Waals surface area contributed by atoms with Crippen molar-refractivity contribution in [3.63, 3.8) is 0 Å². The molecule has 0 saturated carbocycles. The summed E-state index contributed by atoms with van der Waals surface area (Å²) in [5.41, 5.74) is 0. The largest absolute Gasteiger partial charge is 0.870 e. The van der Waals surface area contributed by atoms with Crippen LogP contribution in [0.4, 0.5) is 0 Å². The summed E-state index contributed by atoms with van der Waals surface area (Å²) in [4.78, 5) is 0. The van der Waals surface area contributed by atoms with Crippen molar-refractivity contribution in [1.29, 1.82) is 0 Å². The predicted molar refractivity (Wildman–Crippen MR) is 13.5 cm³/mol. The van der Waals surface area contributed by atoms with Crippen LogP contribution in [0.15, 0.2) is 0 Å². The molecule has 6 heavy (non-hydrogen) atoms. The molecular weight excluding hydrogens is 319 g/mol. The van der Waals surface area contributed by atoms with Crippen molar-refractivity contribution in [2.45, 2.75) is 0 Å². The Labute approximate surface area is 70.6 Å². The van der Waals surface area contributed by atoms with E-state index in [9.17, 15) is 0 Å². The van der Waals surface area contributed by atoms with Gasteiger partial charge in [0.05, 0.1) is 0 Å². The van der Waals surface area contributed by atoms with Gasteiger partial charge in [-0.15, -0.1) is 0 Å². The van der Waals surface area contributed by atoms with Gasteiger partial charge < -0.3 is 21.9 Å². The molecule has 0 aromatic rings. The summed E-state index contributed by atoms with van der Waals surface area (Å²) in [5.74, 6) is 0. The Balaban J connectivity index is 0. The Bertz CT molecular complexity index is 7.51. The summed E-state index contributed by atoms with van der Waals surface area (Å²) < 4.78 is 0. The fourth-order valence-electron chi connectivity index (χ4n) is 0. The van der Waals surface area contributed by atoms with Crippen molar-refractivity contribution in [1.82, 2.24) is 0 Å². The molecule has 40 valence electrons. The van der Waals surface area contributed by atoms with E-state index in [0.717, 1.165) is 0 Å². The van der Waals surface area contributed by atoms with Gasteiger partial charge in [0.1, 0.15) is 0 Å². The van der Waals surface area contributed by atoms with Crippen molar-refractivity contribution in [3.05, 3.63) is 0 Å². The molecule has 0 aliphatic carbocycles. The molecule has 0 unspecified atom stereocenters. The van der Waals surface area contributed by atoms with Crippen LogP contribution in [0.1, 0.15) is 0 Å². The molecule has 4 N–H and O–H groups in total. The first-order valence-corrected chi connectivity index (χ1v) is 0. The standard InChI is InChI=1S/4H2O.Pb.Ti/h4*1H2;;/p-4. The zero-order valence-electron chi connectivity index (χ0n) is 2.79. The van der Waals surface area contributed by atoms with Gasteiger partial charge in [-0.2, -0.15) is 0 Å². The third-order valence-electron chi connectivity index (χ3n) is 0. The van der Waals surface area contributed by atoms with Crippen LogP contribution in [-0.4, -0.2) is 49.2 Å². The zero-order chi connectivity index (χ0) is 0. The summed E-state index contributed by atoms with van der Waals surface area (Å²) in [6, 6.07) is 0. The van der Waals surface area contributed by atoms with Crippen LogP contribution in [0.5, 0.6) is 0 Å². The number of rotatable bonds is 0. The van der Waals surface area contributed by atoms with Crippen molar-refractivity contribution < 1.29 is 43.6 Å². The van der Waals surface area contributed by atoms with Crippen molar-refractivity contribution in [2.24, 2.45) is 0 Å². The van der Waals surface area contributed by atoms with Crippen LogP contribution in [0.3, 0.4) is 0 Å². The van der Waals surface area contributed by atoms with E-state index >= 15 is 0 Å². The predicted octanol–water partition coefficient (Wildman–Crippen LogP) is -1.09. The molecule has 0 saturated heterocycles. The maximum absolute atomic E-state index is 0.